The Balaban J connectivity index is 3.05. The van der Waals surface area contributed by atoms with E-state index in [0.717, 1.165) is 25.2 Å². The number of hydrogen-bond acceptors (Lipinski definition) is 5. The van der Waals surface area contributed by atoms with Crippen LogP contribution < -0.4 is 0 Å². The van der Waals surface area contributed by atoms with Crippen LogP contribution in [0.5, 0.6) is 0 Å². The molecule has 0 rings (SSSR count). The Bertz CT molecular complexity index is 199. The van der Waals surface area contributed by atoms with E-state index in [-0.39, 0.29) is 11.2 Å². The van der Waals surface area contributed by atoms with Gasteiger partial charge in [-0.25, -0.2) is 0 Å². The second kappa shape index (κ2) is 13.3. The van der Waals surface area contributed by atoms with Gasteiger partial charge in [-0.05, 0) is 26.7 Å². The standard InChI is InChI=1S/C13H26O4S/c1-4-17-12(2)6-8-16-10-9-15-7-5-11-18-13(3)14/h12H,4-11H2,1-3H3. The molecule has 0 radical (unpaired) electrons. The molecule has 1 unspecified atom stereocenters. The molecular formula is C13H26O4S. The van der Waals surface area contributed by atoms with Gasteiger partial charge in [-0.15, -0.1) is 0 Å². The van der Waals surface area contributed by atoms with Crippen molar-refractivity contribution < 1.29 is 19.0 Å². The highest BCUT2D eigenvalue weighted by Gasteiger charge is 2.00. The molecule has 0 bridgehead atoms. The normalized spacial score (nSPS) is 12.6. The molecule has 108 valence electrons. The molecule has 0 aliphatic carbocycles. The minimum absolute atomic E-state index is 0.168. The van der Waals surface area contributed by atoms with Crippen LogP contribution in [0.15, 0.2) is 0 Å². The molecule has 0 aliphatic heterocycles. The summed E-state index contributed by atoms with van der Waals surface area (Å²) in [5, 5.41) is 0.168. The van der Waals surface area contributed by atoms with Crippen molar-refractivity contribution in [1.82, 2.24) is 0 Å². The molecule has 0 aromatic rings. The summed E-state index contributed by atoms with van der Waals surface area (Å²) in [5.41, 5.74) is 0. The van der Waals surface area contributed by atoms with Crippen molar-refractivity contribution in [2.24, 2.45) is 0 Å². The fourth-order valence-corrected chi connectivity index (χ4v) is 1.87. The average molecular weight is 278 g/mol. The third kappa shape index (κ3) is 14.0. The summed E-state index contributed by atoms with van der Waals surface area (Å²) in [5.74, 6) is 0.835. The van der Waals surface area contributed by atoms with Crippen LogP contribution in [-0.4, -0.2) is 50.0 Å². The third-order valence-electron chi connectivity index (χ3n) is 2.23. The van der Waals surface area contributed by atoms with Gasteiger partial charge in [0.15, 0.2) is 5.12 Å². The van der Waals surface area contributed by atoms with E-state index in [1.807, 2.05) is 6.92 Å². The van der Waals surface area contributed by atoms with E-state index in [9.17, 15) is 4.79 Å². The van der Waals surface area contributed by atoms with Gasteiger partial charge in [0.05, 0.1) is 19.3 Å². The number of carbonyl (C=O) groups is 1. The monoisotopic (exact) mass is 278 g/mol. The molecule has 0 aliphatic rings. The quantitative estimate of drug-likeness (QED) is 0.513. The largest absolute Gasteiger partial charge is 0.379 e. The first-order valence-corrected chi connectivity index (χ1v) is 7.55. The van der Waals surface area contributed by atoms with Crippen molar-refractivity contribution in [2.75, 3.05) is 38.8 Å². The average Bonchev–Trinajstić information content (AvgIpc) is 2.31. The van der Waals surface area contributed by atoms with Gasteiger partial charge < -0.3 is 14.2 Å². The van der Waals surface area contributed by atoms with Crippen molar-refractivity contribution in [2.45, 2.75) is 39.7 Å². The Morgan fingerprint density at radius 1 is 1.17 bits per heavy atom. The molecule has 0 amide bonds. The molecule has 0 saturated heterocycles. The lowest BCUT2D eigenvalue weighted by Gasteiger charge is -2.11. The lowest BCUT2D eigenvalue weighted by Crippen LogP contribution is -2.13. The smallest absolute Gasteiger partial charge is 0.185 e. The van der Waals surface area contributed by atoms with Crippen molar-refractivity contribution in [3.8, 4) is 0 Å². The van der Waals surface area contributed by atoms with E-state index in [1.54, 1.807) is 6.92 Å². The van der Waals surface area contributed by atoms with Gasteiger partial charge in [0.25, 0.3) is 0 Å². The number of carbonyl (C=O) groups excluding carboxylic acids is 1. The van der Waals surface area contributed by atoms with E-state index < -0.39 is 0 Å². The maximum Gasteiger partial charge on any atom is 0.185 e. The summed E-state index contributed by atoms with van der Waals surface area (Å²) in [4.78, 5) is 10.6. The summed E-state index contributed by atoms with van der Waals surface area (Å²) < 4.78 is 16.2. The maximum absolute atomic E-state index is 10.6. The molecule has 1 atom stereocenters. The van der Waals surface area contributed by atoms with Gasteiger partial charge in [-0.1, -0.05) is 11.8 Å². The molecule has 0 aromatic carbocycles. The van der Waals surface area contributed by atoms with Gasteiger partial charge in [-0.3, -0.25) is 4.79 Å². The summed E-state index contributed by atoms with van der Waals surface area (Å²) in [6.45, 7) is 9.03. The molecule has 0 heterocycles. The summed E-state index contributed by atoms with van der Waals surface area (Å²) in [7, 11) is 0. The fourth-order valence-electron chi connectivity index (χ4n) is 1.32. The molecular weight excluding hydrogens is 252 g/mol. The second-order valence-electron chi connectivity index (χ2n) is 3.97. The number of hydrogen-bond donors (Lipinski definition) is 0. The lowest BCUT2D eigenvalue weighted by molar-refractivity contribution is -0.109. The zero-order valence-electron chi connectivity index (χ0n) is 11.8. The predicted octanol–water partition coefficient (Wildman–Crippen LogP) is 2.50. The van der Waals surface area contributed by atoms with Crippen LogP contribution in [0, 0.1) is 0 Å². The number of thioether (sulfide) groups is 1. The van der Waals surface area contributed by atoms with Crippen molar-refractivity contribution in [3.63, 3.8) is 0 Å². The Hall–Kier alpha value is -0.100. The highest BCUT2D eigenvalue weighted by atomic mass is 32.2. The van der Waals surface area contributed by atoms with Gasteiger partial charge in [0.2, 0.25) is 0 Å². The van der Waals surface area contributed by atoms with Crippen LogP contribution >= 0.6 is 11.8 Å². The Morgan fingerprint density at radius 2 is 1.83 bits per heavy atom. The summed E-state index contributed by atoms with van der Waals surface area (Å²) >= 11 is 1.35. The highest BCUT2D eigenvalue weighted by molar-refractivity contribution is 8.13. The van der Waals surface area contributed by atoms with E-state index >= 15 is 0 Å². The van der Waals surface area contributed by atoms with Gasteiger partial charge >= 0.3 is 0 Å². The number of ether oxygens (including phenoxy) is 3. The Labute approximate surface area is 115 Å². The minimum atomic E-state index is 0.168. The van der Waals surface area contributed by atoms with Crippen LogP contribution in [0.4, 0.5) is 0 Å². The van der Waals surface area contributed by atoms with E-state index in [2.05, 4.69) is 6.92 Å². The molecule has 0 fully saturated rings. The third-order valence-corrected chi connectivity index (χ3v) is 3.13. The van der Waals surface area contributed by atoms with Crippen LogP contribution in [0.3, 0.4) is 0 Å². The van der Waals surface area contributed by atoms with Gasteiger partial charge in [-0.2, -0.15) is 0 Å². The first-order chi connectivity index (χ1) is 8.66. The Kier molecular flexibility index (Phi) is 13.3. The first-order valence-electron chi connectivity index (χ1n) is 6.57. The van der Waals surface area contributed by atoms with Crippen molar-refractivity contribution >= 4 is 16.9 Å². The van der Waals surface area contributed by atoms with Crippen molar-refractivity contribution in [1.29, 1.82) is 0 Å². The predicted molar refractivity (Wildman–Crippen MR) is 75.1 cm³/mol. The van der Waals surface area contributed by atoms with Gasteiger partial charge in [0, 0.05) is 32.5 Å². The highest BCUT2D eigenvalue weighted by Crippen LogP contribution is 2.02. The Morgan fingerprint density at radius 3 is 2.44 bits per heavy atom. The zero-order chi connectivity index (χ0) is 13.6. The second-order valence-corrected chi connectivity index (χ2v) is 5.24. The molecule has 18 heavy (non-hydrogen) atoms. The molecule has 0 N–H and O–H groups in total. The fraction of sp³-hybridized carbons (Fsp3) is 0.923. The van der Waals surface area contributed by atoms with Gasteiger partial charge in [0.1, 0.15) is 0 Å². The minimum Gasteiger partial charge on any atom is -0.379 e. The molecule has 4 nitrogen and oxygen atoms in total. The summed E-state index contributed by atoms with van der Waals surface area (Å²) in [6, 6.07) is 0. The van der Waals surface area contributed by atoms with E-state index in [1.165, 1.54) is 11.8 Å². The molecule has 0 spiro atoms. The zero-order valence-corrected chi connectivity index (χ0v) is 12.6. The topological polar surface area (TPSA) is 44.8 Å². The van der Waals surface area contributed by atoms with Crippen LogP contribution in [0.2, 0.25) is 0 Å². The van der Waals surface area contributed by atoms with Crippen LogP contribution in [0.25, 0.3) is 0 Å². The van der Waals surface area contributed by atoms with Crippen LogP contribution in [-0.2, 0) is 19.0 Å². The SMILES string of the molecule is CCOC(C)CCOCCOCCCSC(C)=O. The van der Waals surface area contributed by atoms with Crippen LogP contribution in [0.1, 0.15) is 33.6 Å². The number of rotatable bonds is 12. The first kappa shape index (κ1) is 17.9. The lowest BCUT2D eigenvalue weighted by atomic mass is 10.3. The summed E-state index contributed by atoms with van der Waals surface area (Å²) in [6.07, 6.45) is 2.09. The van der Waals surface area contributed by atoms with Crippen molar-refractivity contribution in [3.05, 3.63) is 0 Å². The molecule has 0 aromatic heterocycles. The van der Waals surface area contributed by atoms with E-state index in [0.29, 0.717) is 26.4 Å². The molecule has 0 saturated carbocycles. The molecule has 5 heteroatoms. The van der Waals surface area contributed by atoms with E-state index in [4.69, 9.17) is 14.2 Å². The maximum atomic E-state index is 10.6.